The molecule has 0 bridgehead atoms. The van der Waals surface area contributed by atoms with Crippen LogP contribution in [0.1, 0.15) is 56.9 Å². The zero-order valence-corrected chi connectivity index (χ0v) is 15.7. The number of hydrogen-bond donors (Lipinski definition) is 1. The zero-order chi connectivity index (χ0) is 18.7. The zero-order valence-electron chi connectivity index (χ0n) is 14.9. The molecule has 4 nitrogen and oxygen atoms in total. The molecule has 1 aliphatic rings. The van der Waals surface area contributed by atoms with Crippen molar-refractivity contribution in [3.8, 4) is 0 Å². The van der Waals surface area contributed by atoms with E-state index in [-0.39, 0.29) is 17.5 Å². The van der Waals surface area contributed by atoms with Crippen molar-refractivity contribution in [3.05, 3.63) is 58.2 Å². The predicted octanol–water partition coefficient (Wildman–Crippen LogP) is 4.28. The highest BCUT2D eigenvalue weighted by molar-refractivity contribution is 7.99. The fourth-order valence-electron chi connectivity index (χ4n) is 3.42. The van der Waals surface area contributed by atoms with Gasteiger partial charge in [0.25, 0.3) is 0 Å². The molecule has 0 fully saturated rings. The highest BCUT2D eigenvalue weighted by Crippen LogP contribution is 2.35. The first-order chi connectivity index (χ1) is 12.5. The number of ketones is 1. The van der Waals surface area contributed by atoms with Crippen LogP contribution < -0.4 is 0 Å². The SMILES string of the molecule is CCSCCOC(=O)c1[nH]c2c(c1C)C(=O)C[C@H](c1ccc(F)cc1)C2. The molecule has 2 aromatic rings. The Balaban J connectivity index is 1.78. The fraction of sp³-hybridized carbons (Fsp3) is 0.400. The maximum absolute atomic E-state index is 13.1. The quantitative estimate of drug-likeness (QED) is 0.605. The number of carbonyl (C=O) groups excluding carboxylic acids is 2. The summed E-state index contributed by atoms with van der Waals surface area (Å²) in [6.45, 7) is 4.19. The summed E-state index contributed by atoms with van der Waals surface area (Å²) in [5, 5.41) is 0. The Hall–Kier alpha value is -2.08. The van der Waals surface area contributed by atoms with Crippen LogP contribution in [0.15, 0.2) is 24.3 Å². The van der Waals surface area contributed by atoms with E-state index in [0.29, 0.717) is 36.3 Å². The van der Waals surface area contributed by atoms with Gasteiger partial charge in [0.2, 0.25) is 0 Å². The summed E-state index contributed by atoms with van der Waals surface area (Å²) in [5.41, 5.74) is 3.33. The van der Waals surface area contributed by atoms with Crippen LogP contribution in [-0.2, 0) is 11.2 Å². The number of ether oxygens (including phenoxy) is 1. The van der Waals surface area contributed by atoms with E-state index in [4.69, 9.17) is 4.74 Å². The van der Waals surface area contributed by atoms with Gasteiger partial charge in [-0.25, -0.2) is 9.18 Å². The van der Waals surface area contributed by atoms with Gasteiger partial charge < -0.3 is 9.72 Å². The van der Waals surface area contributed by atoms with Crippen LogP contribution >= 0.6 is 11.8 Å². The molecule has 138 valence electrons. The number of thioether (sulfide) groups is 1. The van der Waals surface area contributed by atoms with Crippen molar-refractivity contribution in [2.75, 3.05) is 18.1 Å². The molecule has 1 heterocycles. The van der Waals surface area contributed by atoms with E-state index >= 15 is 0 Å². The molecule has 6 heteroatoms. The predicted molar refractivity (Wildman–Crippen MR) is 101 cm³/mol. The number of aromatic amines is 1. The molecule has 1 atom stereocenters. The van der Waals surface area contributed by atoms with E-state index in [9.17, 15) is 14.0 Å². The first-order valence-electron chi connectivity index (χ1n) is 8.76. The van der Waals surface area contributed by atoms with E-state index < -0.39 is 5.97 Å². The van der Waals surface area contributed by atoms with Crippen molar-refractivity contribution in [2.24, 2.45) is 0 Å². The Morgan fingerprint density at radius 2 is 2.04 bits per heavy atom. The molecule has 0 unspecified atom stereocenters. The van der Waals surface area contributed by atoms with Gasteiger partial charge in [-0.2, -0.15) is 11.8 Å². The van der Waals surface area contributed by atoms with Crippen molar-refractivity contribution < 1.29 is 18.7 Å². The van der Waals surface area contributed by atoms with Crippen LogP contribution in [0.3, 0.4) is 0 Å². The minimum absolute atomic E-state index is 0.00918. The van der Waals surface area contributed by atoms with Crippen molar-refractivity contribution in [2.45, 2.75) is 32.6 Å². The normalized spacial score (nSPS) is 16.4. The number of aromatic nitrogens is 1. The number of rotatable bonds is 6. The van der Waals surface area contributed by atoms with Crippen LogP contribution in [0, 0.1) is 12.7 Å². The van der Waals surface area contributed by atoms with Gasteiger partial charge in [0.05, 0.1) is 0 Å². The molecule has 0 saturated carbocycles. The summed E-state index contributed by atoms with van der Waals surface area (Å²) in [6, 6.07) is 6.25. The molecule has 0 amide bonds. The molecule has 26 heavy (non-hydrogen) atoms. The lowest BCUT2D eigenvalue weighted by Crippen LogP contribution is -2.18. The lowest BCUT2D eigenvalue weighted by molar-refractivity contribution is 0.0523. The Kier molecular flexibility index (Phi) is 5.81. The number of Topliss-reactive ketones (excluding diaryl/α,β-unsaturated/α-hetero) is 1. The molecule has 0 radical (unpaired) electrons. The Bertz CT molecular complexity index is 813. The van der Waals surface area contributed by atoms with Gasteiger partial charge >= 0.3 is 5.97 Å². The Morgan fingerprint density at radius 1 is 1.31 bits per heavy atom. The van der Waals surface area contributed by atoms with Gasteiger partial charge in [-0.15, -0.1) is 0 Å². The van der Waals surface area contributed by atoms with Gasteiger partial charge in [0.15, 0.2) is 5.78 Å². The van der Waals surface area contributed by atoms with Gasteiger partial charge in [0.1, 0.15) is 18.1 Å². The second kappa shape index (κ2) is 8.08. The number of halogens is 1. The number of carbonyl (C=O) groups is 2. The van der Waals surface area contributed by atoms with Crippen molar-refractivity contribution >= 4 is 23.5 Å². The van der Waals surface area contributed by atoms with Gasteiger partial charge in [-0.1, -0.05) is 19.1 Å². The maximum atomic E-state index is 13.1. The number of nitrogens with one attached hydrogen (secondary N) is 1. The topological polar surface area (TPSA) is 59.2 Å². The van der Waals surface area contributed by atoms with E-state index in [1.54, 1.807) is 30.8 Å². The standard InChI is InChI=1S/C20H22FNO3S/c1-3-26-9-8-25-20(24)19-12(2)18-16(22-19)10-14(11-17(18)23)13-4-6-15(21)7-5-13/h4-7,14,22H,3,8-11H2,1-2H3/t14-/m1/s1. The maximum Gasteiger partial charge on any atom is 0.355 e. The summed E-state index contributed by atoms with van der Waals surface area (Å²) < 4.78 is 18.4. The molecule has 0 spiro atoms. The highest BCUT2D eigenvalue weighted by atomic mass is 32.2. The summed E-state index contributed by atoms with van der Waals surface area (Å²) in [5.74, 6) is 1.02. The number of fused-ring (bicyclic) bond motifs is 1. The molecule has 1 aliphatic carbocycles. The largest absolute Gasteiger partial charge is 0.460 e. The van der Waals surface area contributed by atoms with Gasteiger partial charge in [-0.05, 0) is 48.3 Å². The number of hydrogen-bond acceptors (Lipinski definition) is 4. The molecule has 1 N–H and O–H groups in total. The minimum Gasteiger partial charge on any atom is -0.460 e. The molecule has 0 aliphatic heterocycles. The Labute approximate surface area is 156 Å². The first kappa shape index (κ1) is 18.7. The molecule has 3 rings (SSSR count). The third-order valence-electron chi connectivity index (χ3n) is 4.70. The average molecular weight is 375 g/mol. The van der Waals surface area contributed by atoms with Crippen molar-refractivity contribution in [3.63, 3.8) is 0 Å². The van der Waals surface area contributed by atoms with Crippen LogP contribution in [-0.4, -0.2) is 34.8 Å². The van der Waals surface area contributed by atoms with Crippen LogP contribution in [0.5, 0.6) is 0 Å². The lowest BCUT2D eigenvalue weighted by atomic mass is 9.81. The third-order valence-corrected chi connectivity index (χ3v) is 5.56. The summed E-state index contributed by atoms with van der Waals surface area (Å²) in [6.07, 6.45) is 0.978. The first-order valence-corrected chi connectivity index (χ1v) is 9.91. The summed E-state index contributed by atoms with van der Waals surface area (Å²) in [7, 11) is 0. The summed E-state index contributed by atoms with van der Waals surface area (Å²) in [4.78, 5) is 28.1. The fourth-order valence-corrected chi connectivity index (χ4v) is 3.91. The molecule has 1 aromatic carbocycles. The minimum atomic E-state index is -0.417. The van der Waals surface area contributed by atoms with Crippen LogP contribution in [0.25, 0.3) is 0 Å². The molecular formula is C20H22FNO3S. The number of esters is 1. The van der Waals surface area contributed by atoms with E-state index in [1.807, 2.05) is 0 Å². The van der Waals surface area contributed by atoms with E-state index in [0.717, 1.165) is 22.8 Å². The number of H-pyrrole nitrogens is 1. The van der Waals surface area contributed by atoms with Crippen LogP contribution in [0.4, 0.5) is 4.39 Å². The van der Waals surface area contributed by atoms with Gasteiger partial charge in [-0.3, -0.25) is 4.79 Å². The lowest BCUT2D eigenvalue weighted by Gasteiger charge is -2.22. The van der Waals surface area contributed by atoms with E-state index in [2.05, 4.69) is 11.9 Å². The Morgan fingerprint density at radius 3 is 2.73 bits per heavy atom. The molecule has 1 aromatic heterocycles. The third kappa shape index (κ3) is 3.85. The average Bonchev–Trinajstić information content (AvgIpc) is 2.96. The second-order valence-electron chi connectivity index (χ2n) is 6.39. The smallest absolute Gasteiger partial charge is 0.355 e. The van der Waals surface area contributed by atoms with Crippen molar-refractivity contribution in [1.29, 1.82) is 0 Å². The second-order valence-corrected chi connectivity index (χ2v) is 7.79. The summed E-state index contributed by atoms with van der Waals surface area (Å²) >= 11 is 1.71. The molecular weight excluding hydrogens is 353 g/mol. The molecule has 0 saturated heterocycles. The van der Waals surface area contributed by atoms with Crippen molar-refractivity contribution in [1.82, 2.24) is 4.98 Å². The monoisotopic (exact) mass is 375 g/mol. The van der Waals surface area contributed by atoms with Crippen LogP contribution in [0.2, 0.25) is 0 Å². The number of benzene rings is 1. The highest BCUT2D eigenvalue weighted by Gasteiger charge is 2.32. The van der Waals surface area contributed by atoms with Gasteiger partial charge in [0, 0.05) is 23.4 Å². The van der Waals surface area contributed by atoms with E-state index in [1.165, 1.54) is 12.1 Å².